The lowest BCUT2D eigenvalue weighted by Gasteiger charge is -2.31. The molecule has 38 heavy (non-hydrogen) atoms. The molecule has 2 aromatic carbocycles. The summed E-state index contributed by atoms with van der Waals surface area (Å²) >= 11 is 12.7. The minimum Gasteiger partial charge on any atom is -0.496 e. The molecule has 4 aromatic rings. The van der Waals surface area contributed by atoms with Crippen molar-refractivity contribution >= 4 is 45.5 Å². The molecule has 0 saturated carbocycles. The molecule has 1 fully saturated rings. The summed E-state index contributed by atoms with van der Waals surface area (Å²) < 4.78 is 33.2. The highest BCUT2D eigenvalue weighted by molar-refractivity contribution is 6.37. The van der Waals surface area contributed by atoms with Crippen molar-refractivity contribution in [2.24, 2.45) is 0 Å². The summed E-state index contributed by atoms with van der Waals surface area (Å²) in [6.45, 7) is 2.26. The standard InChI is InChI=1S/C28H27Cl2N5O3/c1-34-4-6-35(7-5-34)15-19-8-17(16-38-19)20-9-24-21(10-26(20)36-2)28(18(13-31)14-32-24)33-25-12-27(37-3)23(30)11-22(25)29/h8-12,14,16H,4-7,15H2,1-3H3,(H,32,33)/i1D,15D. The Kier molecular flexibility index (Phi) is 6.90. The van der Waals surface area contributed by atoms with Crippen LogP contribution in [0.25, 0.3) is 22.0 Å². The van der Waals surface area contributed by atoms with E-state index in [0.717, 1.165) is 24.2 Å². The predicted octanol–water partition coefficient (Wildman–Crippen LogP) is 6.18. The fourth-order valence-electron chi connectivity index (χ4n) is 4.38. The number of hydrogen-bond donors (Lipinski definition) is 1. The Bertz CT molecular complexity index is 1580. The number of hydrogen-bond acceptors (Lipinski definition) is 8. The lowest BCUT2D eigenvalue weighted by molar-refractivity contribution is 0.140. The molecule has 10 heteroatoms. The quantitative estimate of drug-likeness (QED) is 0.290. The monoisotopic (exact) mass is 553 g/mol. The third-order valence-electron chi connectivity index (χ3n) is 6.46. The number of aromatic nitrogens is 1. The van der Waals surface area contributed by atoms with Crippen LogP contribution in [0.4, 0.5) is 11.4 Å². The van der Waals surface area contributed by atoms with Gasteiger partial charge in [-0.3, -0.25) is 9.88 Å². The highest BCUT2D eigenvalue weighted by Crippen LogP contribution is 2.41. The van der Waals surface area contributed by atoms with Gasteiger partial charge < -0.3 is 24.1 Å². The second kappa shape index (κ2) is 11.1. The van der Waals surface area contributed by atoms with Crippen LogP contribution in [0.2, 0.25) is 10.0 Å². The fourth-order valence-corrected chi connectivity index (χ4v) is 4.89. The topological polar surface area (TPSA) is 86.8 Å². The smallest absolute Gasteiger partial charge is 0.139 e. The van der Waals surface area contributed by atoms with Gasteiger partial charge in [0, 0.05) is 56.3 Å². The van der Waals surface area contributed by atoms with Gasteiger partial charge in [-0.05, 0) is 31.3 Å². The maximum absolute atomic E-state index is 9.83. The average Bonchev–Trinajstić information content (AvgIpc) is 3.47. The minimum atomic E-state index is -0.652. The first kappa shape index (κ1) is 23.6. The second-order valence-electron chi connectivity index (χ2n) is 8.84. The molecule has 0 amide bonds. The Morgan fingerprint density at radius 2 is 1.89 bits per heavy atom. The number of pyridine rings is 1. The third-order valence-corrected chi connectivity index (χ3v) is 7.07. The van der Waals surface area contributed by atoms with Gasteiger partial charge in [0.05, 0.1) is 60.9 Å². The van der Waals surface area contributed by atoms with Crippen LogP contribution in [-0.2, 0) is 6.52 Å². The summed E-state index contributed by atoms with van der Waals surface area (Å²) in [5, 5.41) is 14.5. The summed E-state index contributed by atoms with van der Waals surface area (Å²) in [4.78, 5) is 8.60. The van der Waals surface area contributed by atoms with E-state index >= 15 is 0 Å². The lowest BCUT2D eigenvalue weighted by atomic mass is 10.0. The van der Waals surface area contributed by atoms with E-state index in [-0.39, 0.29) is 7.02 Å². The van der Waals surface area contributed by atoms with Crippen LogP contribution in [-0.4, -0.2) is 62.2 Å². The first-order valence-electron chi connectivity index (χ1n) is 13.1. The number of anilines is 2. The Hall–Kier alpha value is -3.48. The van der Waals surface area contributed by atoms with Crippen LogP contribution in [0.5, 0.6) is 11.5 Å². The number of nitrogens with zero attached hydrogens (tertiary/aromatic N) is 4. The van der Waals surface area contributed by atoms with E-state index in [1.807, 2.05) is 28.0 Å². The largest absolute Gasteiger partial charge is 0.496 e. The van der Waals surface area contributed by atoms with Gasteiger partial charge in [0.1, 0.15) is 23.3 Å². The zero-order valence-corrected chi connectivity index (χ0v) is 22.4. The molecule has 0 bridgehead atoms. The van der Waals surface area contributed by atoms with Crippen molar-refractivity contribution in [1.29, 1.82) is 5.26 Å². The maximum Gasteiger partial charge on any atom is 0.139 e. The molecule has 1 unspecified atom stereocenters. The fraction of sp³-hybridized carbons (Fsp3) is 0.286. The number of benzene rings is 2. The minimum absolute atomic E-state index is 0.269. The van der Waals surface area contributed by atoms with Crippen LogP contribution < -0.4 is 14.8 Å². The second-order valence-corrected chi connectivity index (χ2v) is 9.66. The van der Waals surface area contributed by atoms with Crippen LogP contribution in [0.1, 0.15) is 14.1 Å². The molecular formula is C28H27Cl2N5O3. The molecule has 0 radical (unpaired) electrons. The van der Waals surface area contributed by atoms with Crippen LogP contribution in [0, 0.1) is 11.3 Å². The van der Waals surface area contributed by atoms with E-state index in [1.54, 1.807) is 25.5 Å². The zero-order chi connectivity index (χ0) is 28.4. The third kappa shape index (κ3) is 5.24. The van der Waals surface area contributed by atoms with Gasteiger partial charge in [-0.2, -0.15) is 5.26 Å². The van der Waals surface area contributed by atoms with Crippen molar-refractivity contribution < 1.29 is 16.6 Å². The normalized spacial score (nSPS) is 16.0. The van der Waals surface area contributed by atoms with Crippen molar-refractivity contribution in [1.82, 2.24) is 14.8 Å². The van der Waals surface area contributed by atoms with E-state index in [2.05, 4.69) is 16.4 Å². The molecule has 0 aliphatic carbocycles. The van der Waals surface area contributed by atoms with Crippen molar-refractivity contribution in [3.05, 3.63) is 64.2 Å². The Morgan fingerprint density at radius 1 is 1.11 bits per heavy atom. The van der Waals surface area contributed by atoms with E-state index in [1.165, 1.54) is 13.3 Å². The van der Waals surface area contributed by atoms with Crippen molar-refractivity contribution in [2.75, 3.05) is 52.7 Å². The number of rotatable bonds is 7. The van der Waals surface area contributed by atoms with E-state index in [9.17, 15) is 5.26 Å². The number of likely N-dealkylation sites (N-methyl/N-ethyl adjacent to an activating group) is 1. The van der Waals surface area contributed by atoms with E-state index in [0.29, 0.717) is 68.2 Å². The Labute approximate surface area is 234 Å². The number of halogens is 2. The number of fused-ring (bicyclic) bond motifs is 1. The summed E-state index contributed by atoms with van der Waals surface area (Å²) in [7, 11) is 3.35. The Balaban J connectivity index is 1.51. The van der Waals surface area contributed by atoms with Crippen LogP contribution >= 0.6 is 23.2 Å². The molecule has 8 nitrogen and oxygen atoms in total. The molecule has 1 aliphatic rings. The number of nitriles is 1. The molecule has 1 saturated heterocycles. The molecule has 2 aromatic heterocycles. The van der Waals surface area contributed by atoms with E-state index < -0.39 is 6.52 Å². The van der Waals surface area contributed by atoms with Gasteiger partial charge in [-0.1, -0.05) is 23.2 Å². The van der Waals surface area contributed by atoms with E-state index in [4.69, 9.17) is 39.8 Å². The Morgan fingerprint density at radius 3 is 2.61 bits per heavy atom. The number of nitrogens with one attached hydrogen (secondary N) is 1. The first-order chi connectivity index (χ1) is 19.4. The van der Waals surface area contributed by atoms with Gasteiger partial charge >= 0.3 is 0 Å². The van der Waals surface area contributed by atoms with Gasteiger partial charge in [0.25, 0.3) is 0 Å². The van der Waals surface area contributed by atoms with Crippen LogP contribution in [0.3, 0.4) is 0 Å². The molecule has 0 spiro atoms. The molecule has 5 rings (SSSR count). The predicted molar refractivity (Wildman–Crippen MR) is 150 cm³/mol. The van der Waals surface area contributed by atoms with Crippen molar-refractivity contribution in [2.45, 2.75) is 6.52 Å². The highest BCUT2D eigenvalue weighted by atomic mass is 35.5. The van der Waals surface area contributed by atoms with Gasteiger partial charge in [-0.15, -0.1) is 0 Å². The lowest BCUT2D eigenvalue weighted by Crippen LogP contribution is -2.43. The number of methoxy groups -OCH3 is 2. The number of furan rings is 1. The summed E-state index contributed by atoms with van der Waals surface area (Å²) in [5.41, 5.74) is 3.45. The summed E-state index contributed by atoms with van der Waals surface area (Å²) in [6.07, 6.45) is 3.11. The molecule has 196 valence electrons. The average molecular weight is 554 g/mol. The van der Waals surface area contributed by atoms with Gasteiger partial charge in [0.15, 0.2) is 0 Å². The molecule has 1 atom stereocenters. The maximum atomic E-state index is 9.83. The molecule has 3 heterocycles. The summed E-state index contributed by atoms with van der Waals surface area (Å²) in [5.74, 6) is 1.51. The van der Waals surface area contributed by atoms with Gasteiger partial charge in [0.2, 0.25) is 0 Å². The van der Waals surface area contributed by atoms with Crippen LogP contribution in [0.15, 0.2) is 47.2 Å². The van der Waals surface area contributed by atoms with Crippen molar-refractivity contribution in [3.63, 3.8) is 0 Å². The highest BCUT2D eigenvalue weighted by Gasteiger charge is 2.19. The first-order valence-corrected chi connectivity index (χ1v) is 12.6. The van der Waals surface area contributed by atoms with Gasteiger partial charge in [-0.25, -0.2) is 0 Å². The zero-order valence-electron chi connectivity index (χ0n) is 22.9. The molecule has 1 aliphatic heterocycles. The SMILES string of the molecule is [2H]CN1CCN(C([2H])c2cc(-c3cc4ncc(C#N)c(Nc5cc(OC)c(Cl)cc5Cl)c4cc3OC)co2)CC1. The molecular weight excluding hydrogens is 525 g/mol. The number of ether oxygens (including phenoxy) is 2. The number of piperazine rings is 1. The molecule has 1 N–H and O–H groups in total. The summed E-state index contributed by atoms with van der Waals surface area (Å²) in [6, 6.07) is 11.0. The van der Waals surface area contributed by atoms with Crippen molar-refractivity contribution in [3.8, 4) is 28.7 Å².